The van der Waals surface area contributed by atoms with Crippen LogP contribution in [0.15, 0.2) is 72.4 Å². The molecule has 2 aliphatic carbocycles. The highest BCUT2D eigenvalue weighted by Gasteiger charge is 2.35. The van der Waals surface area contributed by atoms with E-state index in [0.717, 1.165) is 18.3 Å². The molecule has 0 aromatic heterocycles. The molecule has 0 aliphatic heterocycles. The van der Waals surface area contributed by atoms with Crippen LogP contribution in [0, 0.1) is 17.3 Å². The van der Waals surface area contributed by atoms with Crippen LogP contribution >= 0.6 is 0 Å². The Bertz CT molecular complexity index is 652. The first-order chi connectivity index (χ1) is 14.9. The van der Waals surface area contributed by atoms with Crippen LogP contribution in [0.3, 0.4) is 0 Å². The molecule has 2 unspecified atom stereocenters. The highest BCUT2D eigenvalue weighted by molar-refractivity contribution is 5.46. The third-order valence-electron chi connectivity index (χ3n) is 6.90. The smallest absolute Gasteiger partial charge is 0.00883 e. The Morgan fingerprint density at radius 1 is 1.19 bits per heavy atom. The fourth-order valence-electron chi connectivity index (χ4n) is 5.01. The summed E-state index contributed by atoms with van der Waals surface area (Å²) < 4.78 is 0. The summed E-state index contributed by atoms with van der Waals surface area (Å²) in [4.78, 5) is 0. The van der Waals surface area contributed by atoms with E-state index in [1.54, 1.807) is 0 Å². The van der Waals surface area contributed by atoms with Gasteiger partial charge in [-0.1, -0.05) is 116 Å². The zero-order valence-electron chi connectivity index (χ0n) is 21.4. The van der Waals surface area contributed by atoms with Crippen LogP contribution in [0.1, 0.15) is 105 Å². The van der Waals surface area contributed by atoms with E-state index >= 15 is 0 Å². The summed E-state index contributed by atoms with van der Waals surface area (Å²) in [6.07, 6.45) is 29.8. The van der Waals surface area contributed by atoms with Crippen molar-refractivity contribution in [2.45, 2.75) is 105 Å². The van der Waals surface area contributed by atoms with Crippen molar-refractivity contribution >= 4 is 0 Å². The fourth-order valence-corrected chi connectivity index (χ4v) is 5.01. The van der Waals surface area contributed by atoms with Crippen molar-refractivity contribution < 1.29 is 0 Å². The average Bonchev–Trinajstić information content (AvgIpc) is 2.97. The van der Waals surface area contributed by atoms with E-state index in [4.69, 9.17) is 0 Å². The van der Waals surface area contributed by atoms with Gasteiger partial charge in [0.2, 0.25) is 0 Å². The first-order valence-corrected chi connectivity index (χ1v) is 12.9. The minimum absolute atomic E-state index is 0.561. The van der Waals surface area contributed by atoms with E-state index < -0.39 is 0 Å². The van der Waals surface area contributed by atoms with Crippen molar-refractivity contribution in [1.82, 2.24) is 0 Å². The molecule has 0 heteroatoms. The summed E-state index contributed by atoms with van der Waals surface area (Å²) in [7, 11) is 0. The quantitative estimate of drug-likeness (QED) is 0.307. The predicted molar refractivity (Wildman–Crippen MR) is 142 cm³/mol. The van der Waals surface area contributed by atoms with Gasteiger partial charge in [-0.15, -0.1) is 0 Å². The Morgan fingerprint density at radius 2 is 1.94 bits per heavy atom. The molecule has 0 nitrogen and oxygen atoms in total. The SMILES string of the molecule is C=C/C=C(\C=C)C1=CC=C(CCCC2(C)CCCCC2CCC(C)C)C=CC1.CCC. The van der Waals surface area contributed by atoms with E-state index in [0.29, 0.717) is 5.41 Å². The van der Waals surface area contributed by atoms with Gasteiger partial charge in [0.1, 0.15) is 0 Å². The fraction of sp³-hybridized carbons (Fsp3) is 0.613. The second kappa shape index (κ2) is 15.3. The second-order valence-electron chi connectivity index (χ2n) is 10.2. The van der Waals surface area contributed by atoms with Gasteiger partial charge in [0.05, 0.1) is 0 Å². The van der Waals surface area contributed by atoms with Crippen molar-refractivity contribution in [3.8, 4) is 0 Å². The maximum absolute atomic E-state index is 3.94. The lowest BCUT2D eigenvalue weighted by molar-refractivity contribution is 0.0892. The molecule has 0 aromatic carbocycles. The van der Waals surface area contributed by atoms with E-state index in [-0.39, 0.29) is 0 Å². The molecule has 0 spiro atoms. The van der Waals surface area contributed by atoms with E-state index in [2.05, 4.69) is 72.1 Å². The lowest BCUT2D eigenvalue weighted by Crippen LogP contribution is -2.31. The molecular formula is C31H50. The minimum Gasteiger partial charge on any atom is -0.0990 e. The van der Waals surface area contributed by atoms with Gasteiger partial charge in [-0.05, 0) is 78.9 Å². The van der Waals surface area contributed by atoms with Crippen LogP contribution in [0.5, 0.6) is 0 Å². The molecule has 1 saturated carbocycles. The Hall–Kier alpha value is -1.56. The maximum Gasteiger partial charge on any atom is -0.00883 e. The summed E-state index contributed by atoms with van der Waals surface area (Å²) in [6.45, 7) is 19.3. The third kappa shape index (κ3) is 10.1. The van der Waals surface area contributed by atoms with E-state index in [1.165, 1.54) is 80.9 Å². The van der Waals surface area contributed by atoms with Crippen LogP contribution in [0.2, 0.25) is 0 Å². The van der Waals surface area contributed by atoms with E-state index in [9.17, 15) is 0 Å². The van der Waals surface area contributed by atoms with Crippen LogP contribution < -0.4 is 0 Å². The van der Waals surface area contributed by atoms with Gasteiger partial charge < -0.3 is 0 Å². The molecule has 0 amide bonds. The molecule has 1 fully saturated rings. The molecule has 0 aromatic rings. The minimum atomic E-state index is 0.561. The molecule has 31 heavy (non-hydrogen) atoms. The molecule has 0 heterocycles. The zero-order chi connectivity index (χ0) is 23.1. The average molecular weight is 423 g/mol. The molecule has 2 aliphatic rings. The van der Waals surface area contributed by atoms with Gasteiger partial charge in [0, 0.05) is 0 Å². The standard InChI is InChI=1S/C28H42.C3H8/c1-6-12-25(7-2)26-15-10-13-24(18-19-26)14-11-22-28(5)21-9-8-16-27(28)20-17-23(3)4;1-3-2/h6-7,10,12-13,18-19,23,27H,1-2,8-9,11,14-17,20-22H2,3-5H3;3H2,1-2H3/b25-12+;. The Balaban J connectivity index is 0.00000151. The van der Waals surface area contributed by atoms with E-state index in [1.807, 2.05) is 18.2 Å². The summed E-state index contributed by atoms with van der Waals surface area (Å²) in [5.74, 6) is 1.78. The van der Waals surface area contributed by atoms with Gasteiger partial charge >= 0.3 is 0 Å². The van der Waals surface area contributed by atoms with Gasteiger partial charge in [0.15, 0.2) is 0 Å². The zero-order valence-corrected chi connectivity index (χ0v) is 21.4. The topological polar surface area (TPSA) is 0 Å². The van der Waals surface area contributed by atoms with Crippen molar-refractivity contribution in [1.29, 1.82) is 0 Å². The lowest BCUT2D eigenvalue weighted by atomic mass is 9.63. The second-order valence-corrected chi connectivity index (χ2v) is 10.2. The molecule has 174 valence electrons. The van der Waals surface area contributed by atoms with Crippen molar-refractivity contribution in [3.05, 3.63) is 72.4 Å². The normalized spacial score (nSPS) is 23.9. The maximum atomic E-state index is 3.94. The molecule has 2 atom stereocenters. The molecule has 0 saturated heterocycles. The largest absolute Gasteiger partial charge is 0.0990 e. The lowest BCUT2D eigenvalue weighted by Gasteiger charge is -2.42. The summed E-state index contributed by atoms with van der Waals surface area (Å²) >= 11 is 0. The molecule has 0 radical (unpaired) electrons. The Kier molecular flexibility index (Phi) is 13.5. The van der Waals surface area contributed by atoms with Gasteiger partial charge in [-0.3, -0.25) is 0 Å². The van der Waals surface area contributed by atoms with Crippen molar-refractivity contribution in [2.75, 3.05) is 0 Å². The number of hydrogen-bond acceptors (Lipinski definition) is 0. The van der Waals surface area contributed by atoms with Crippen molar-refractivity contribution in [3.63, 3.8) is 0 Å². The van der Waals surface area contributed by atoms with Crippen LogP contribution in [-0.4, -0.2) is 0 Å². The van der Waals surface area contributed by atoms with Crippen LogP contribution in [-0.2, 0) is 0 Å². The molecule has 2 rings (SSSR count). The monoisotopic (exact) mass is 422 g/mol. The van der Waals surface area contributed by atoms with Gasteiger partial charge in [0.25, 0.3) is 0 Å². The highest BCUT2D eigenvalue weighted by atomic mass is 14.4. The Labute approximate surface area is 195 Å². The number of allylic oxidation sites excluding steroid dienone is 10. The third-order valence-corrected chi connectivity index (χ3v) is 6.90. The van der Waals surface area contributed by atoms with Gasteiger partial charge in [-0.25, -0.2) is 0 Å². The van der Waals surface area contributed by atoms with Gasteiger partial charge in [-0.2, -0.15) is 0 Å². The molecular weight excluding hydrogens is 372 g/mol. The number of hydrogen-bond donors (Lipinski definition) is 0. The highest BCUT2D eigenvalue weighted by Crippen LogP contribution is 2.47. The van der Waals surface area contributed by atoms with Crippen LogP contribution in [0.4, 0.5) is 0 Å². The number of rotatable bonds is 10. The van der Waals surface area contributed by atoms with Crippen LogP contribution in [0.25, 0.3) is 0 Å². The van der Waals surface area contributed by atoms with Crippen molar-refractivity contribution in [2.24, 2.45) is 17.3 Å². The Morgan fingerprint density at radius 3 is 2.58 bits per heavy atom. The summed E-state index contributed by atoms with van der Waals surface area (Å²) in [5, 5.41) is 0. The molecule has 0 bridgehead atoms. The molecule has 0 N–H and O–H groups in total. The summed E-state index contributed by atoms with van der Waals surface area (Å²) in [5.41, 5.74) is 4.54. The first-order valence-electron chi connectivity index (χ1n) is 12.9. The predicted octanol–water partition coefficient (Wildman–Crippen LogP) is 10.3. The first kappa shape index (κ1) is 27.5. The summed E-state index contributed by atoms with van der Waals surface area (Å²) in [6, 6.07) is 0.